The molecule has 0 saturated carbocycles. The number of nitrogens with zero attached hydrogens (tertiary/aromatic N) is 3. The first kappa shape index (κ1) is 11.4. The van der Waals surface area contributed by atoms with E-state index in [9.17, 15) is 4.79 Å². The summed E-state index contributed by atoms with van der Waals surface area (Å²) in [5, 5.41) is 8.76. The number of nitrogens with two attached hydrogens (primary N) is 1. The Morgan fingerprint density at radius 2 is 2.33 bits per heavy atom. The molecule has 1 rings (SSSR count). The van der Waals surface area contributed by atoms with Gasteiger partial charge < -0.3 is 10.5 Å². The molecule has 78 valence electrons. The molecular formula is C8H7BrN4O2. The third-order valence-corrected chi connectivity index (χ3v) is 1.85. The molecule has 0 aliphatic heterocycles. The van der Waals surface area contributed by atoms with Crippen molar-refractivity contribution in [2.75, 3.05) is 12.3 Å². The highest BCUT2D eigenvalue weighted by Crippen LogP contribution is 2.16. The largest absolute Gasteiger partial charge is 0.462 e. The van der Waals surface area contributed by atoms with Gasteiger partial charge in [-0.05, 0) is 22.9 Å². The topological polar surface area (TPSA) is 102 Å². The molecule has 0 fully saturated rings. The van der Waals surface area contributed by atoms with Crippen LogP contribution in [0.25, 0.3) is 0 Å². The smallest absolute Gasteiger partial charge is 0.344 e. The lowest BCUT2D eigenvalue weighted by Gasteiger charge is -2.05. The highest BCUT2D eigenvalue weighted by Gasteiger charge is 2.19. The van der Waals surface area contributed by atoms with Crippen LogP contribution in [0.5, 0.6) is 0 Å². The van der Waals surface area contributed by atoms with Crippen molar-refractivity contribution in [2.45, 2.75) is 6.92 Å². The van der Waals surface area contributed by atoms with Crippen molar-refractivity contribution < 1.29 is 9.53 Å². The van der Waals surface area contributed by atoms with Gasteiger partial charge in [-0.1, -0.05) is 0 Å². The van der Waals surface area contributed by atoms with Crippen LogP contribution in [0.3, 0.4) is 0 Å². The Balaban J connectivity index is 3.28. The van der Waals surface area contributed by atoms with Crippen LogP contribution < -0.4 is 5.73 Å². The zero-order valence-corrected chi connectivity index (χ0v) is 9.41. The molecule has 0 radical (unpaired) electrons. The van der Waals surface area contributed by atoms with Gasteiger partial charge in [0.2, 0.25) is 0 Å². The minimum absolute atomic E-state index is 0.0770. The Bertz CT molecular complexity index is 441. The lowest BCUT2D eigenvalue weighted by atomic mass is 10.2. The quantitative estimate of drug-likeness (QED) is 0.632. The Labute approximate surface area is 94.2 Å². The van der Waals surface area contributed by atoms with E-state index >= 15 is 0 Å². The summed E-state index contributed by atoms with van der Waals surface area (Å²) in [5.41, 5.74) is 5.30. The van der Waals surface area contributed by atoms with E-state index in [1.165, 1.54) is 0 Å². The maximum absolute atomic E-state index is 11.4. The van der Waals surface area contributed by atoms with Crippen molar-refractivity contribution in [3.8, 4) is 6.07 Å². The van der Waals surface area contributed by atoms with Crippen LogP contribution in [0, 0.1) is 11.3 Å². The van der Waals surface area contributed by atoms with Crippen molar-refractivity contribution in [3.63, 3.8) is 0 Å². The van der Waals surface area contributed by atoms with Gasteiger partial charge in [-0.2, -0.15) is 5.26 Å². The summed E-state index contributed by atoms with van der Waals surface area (Å²) in [4.78, 5) is 18.8. The predicted octanol–water partition coefficient (Wildman–Crippen LogP) is 0.870. The van der Waals surface area contributed by atoms with Gasteiger partial charge in [0.05, 0.1) is 6.61 Å². The normalized spacial score (nSPS) is 9.40. The number of hydrogen-bond donors (Lipinski definition) is 1. The molecule has 0 amide bonds. The Morgan fingerprint density at radius 1 is 1.67 bits per heavy atom. The monoisotopic (exact) mass is 270 g/mol. The first-order valence-corrected chi connectivity index (χ1v) is 4.79. The van der Waals surface area contributed by atoms with E-state index in [0.29, 0.717) is 0 Å². The minimum Gasteiger partial charge on any atom is -0.462 e. The van der Waals surface area contributed by atoms with E-state index in [1.807, 2.05) is 0 Å². The number of nitrogen functional groups attached to an aromatic ring is 1. The van der Waals surface area contributed by atoms with Gasteiger partial charge in [0.25, 0.3) is 0 Å². The molecule has 15 heavy (non-hydrogen) atoms. The molecule has 6 nitrogen and oxygen atoms in total. The van der Waals surface area contributed by atoms with Crippen LogP contribution in [-0.2, 0) is 4.74 Å². The van der Waals surface area contributed by atoms with Crippen LogP contribution in [0.15, 0.2) is 4.73 Å². The maximum Gasteiger partial charge on any atom is 0.344 e. The number of carbonyl (C=O) groups excluding carboxylic acids is 1. The molecule has 0 aliphatic rings. The van der Waals surface area contributed by atoms with Gasteiger partial charge in [0, 0.05) is 0 Å². The van der Waals surface area contributed by atoms with E-state index in [2.05, 4.69) is 25.9 Å². The molecule has 1 heterocycles. The first-order chi connectivity index (χ1) is 7.10. The number of hydrogen-bond acceptors (Lipinski definition) is 6. The number of esters is 1. The van der Waals surface area contributed by atoms with Gasteiger partial charge in [0.15, 0.2) is 10.4 Å². The zero-order valence-electron chi connectivity index (χ0n) is 7.82. The zero-order chi connectivity index (χ0) is 11.4. The van der Waals surface area contributed by atoms with Crippen LogP contribution in [0.4, 0.5) is 5.82 Å². The lowest BCUT2D eigenvalue weighted by Crippen LogP contribution is -2.13. The third-order valence-electron chi connectivity index (χ3n) is 1.50. The van der Waals surface area contributed by atoms with E-state index in [-0.39, 0.29) is 28.4 Å². The molecule has 0 unspecified atom stereocenters. The van der Waals surface area contributed by atoms with E-state index in [4.69, 9.17) is 15.7 Å². The van der Waals surface area contributed by atoms with Gasteiger partial charge >= 0.3 is 5.97 Å². The molecule has 2 N–H and O–H groups in total. The molecule has 0 aliphatic carbocycles. The number of carbonyl (C=O) groups is 1. The summed E-state index contributed by atoms with van der Waals surface area (Å²) in [6.07, 6.45) is 0. The predicted molar refractivity (Wildman–Crippen MR) is 54.8 cm³/mol. The highest BCUT2D eigenvalue weighted by molar-refractivity contribution is 9.10. The van der Waals surface area contributed by atoms with Crippen molar-refractivity contribution in [3.05, 3.63) is 16.0 Å². The molecule has 0 saturated heterocycles. The number of halogens is 1. The Kier molecular flexibility index (Phi) is 3.57. The number of rotatable bonds is 2. The number of anilines is 1. The van der Waals surface area contributed by atoms with Crippen molar-refractivity contribution in [1.82, 2.24) is 9.97 Å². The minimum atomic E-state index is -0.695. The van der Waals surface area contributed by atoms with Gasteiger partial charge in [0.1, 0.15) is 17.5 Å². The number of aromatic nitrogens is 2. The molecule has 0 spiro atoms. The molecular weight excluding hydrogens is 264 g/mol. The van der Waals surface area contributed by atoms with Gasteiger partial charge in [-0.15, -0.1) is 0 Å². The first-order valence-electron chi connectivity index (χ1n) is 4.00. The molecule has 1 aromatic rings. The van der Waals surface area contributed by atoms with Crippen LogP contribution in [0.1, 0.15) is 23.0 Å². The highest BCUT2D eigenvalue weighted by atomic mass is 79.9. The van der Waals surface area contributed by atoms with Crippen molar-refractivity contribution >= 4 is 27.7 Å². The molecule has 0 aromatic carbocycles. The summed E-state index contributed by atoms with van der Waals surface area (Å²) in [6.45, 7) is 1.85. The Morgan fingerprint density at radius 3 is 2.87 bits per heavy atom. The molecule has 0 atom stereocenters. The second-order valence-electron chi connectivity index (χ2n) is 2.43. The summed E-state index contributed by atoms with van der Waals surface area (Å²) in [5.74, 6) is -0.772. The fourth-order valence-corrected chi connectivity index (χ4v) is 1.30. The standard InChI is InChI=1S/C8H7BrN4O2/c1-2-15-7(14)5-4(3-10)12-8(9)13-6(5)11/h2H2,1H3,(H2,11,12,13). The average Bonchev–Trinajstić information content (AvgIpc) is 2.16. The average molecular weight is 271 g/mol. The third kappa shape index (κ3) is 2.41. The number of nitriles is 1. The van der Waals surface area contributed by atoms with Crippen LogP contribution in [-0.4, -0.2) is 22.5 Å². The van der Waals surface area contributed by atoms with E-state index in [1.54, 1.807) is 13.0 Å². The molecule has 1 aromatic heterocycles. The summed E-state index contributed by atoms with van der Waals surface area (Å²) < 4.78 is 4.88. The SMILES string of the molecule is CCOC(=O)c1c(N)nc(Br)nc1C#N. The van der Waals surface area contributed by atoms with E-state index < -0.39 is 5.97 Å². The number of ether oxygens (including phenoxy) is 1. The van der Waals surface area contributed by atoms with Gasteiger partial charge in [-0.3, -0.25) is 0 Å². The summed E-state index contributed by atoms with van der Waals surface area (Å²) >= 11 is 2.97. The fraction of sp³-hybridized carbons (Fsp3) is 0.250. The Hall–Kier alpha value is -1.68. The van der Waals surface area contributed by atoms with Crippen molar-refractivity contribution in [2.24, 2.45) is 0 Å². The fourth-order valence-electron chi connectivity index (χ4n) is 0.935. The van der Waals surface area contributed by atoms with Crippen LogP contribution in [0.2, 0.25) is 0 Å². The second kappa shape index (κ2) is 4.70. The van der Waals surface area contributed by atoms with Gasteiger partial charge in [-0.25, -0.2) is 14.8 Å². The van der Waals surface area contributed by atoms with Crippen molar-refractivity contribution in [1.29, 1.82) is 5.26 Å². The summed E-state index contributed by atoms with van der Waals surface area (Å²) in [7, 11) is 0. The van der Waals surface area contributed by atoms with E-state index in [0.717, 1.165) is 0 Å². The van der Waals surface area contributed by atoms with Crippen LogP contribution >= 0.6 is 15.9 Å². The summed E-state index contributed by atoms with van der Waals surface area (Å²) in [6, 6.07) is 1.75. The maximum atomic E-state index is 11.4. The molecule has 0 bridgehead atoms. The molecule has 7 heteroatoms. The lowest BCUT2D eigenvalue weighted by molar-refractivity contribution is 0.0526. The second-order valence-corrected chi connectivity index (χ2v) is 3.14.